The highest BCUT2D eigenvalue weighted by Crippen LogP contribution is 2.36. The third kappa shape index (κ3) is 2.48. The maximum absolute atomic E-state index is 9.33. The quantitative estimate of drug-likeness (QED) is 0.822. The van der Waals surface area contributed by atoms with Crippen molar-refractivity contribution in [2.24, 2.45) is 0 Å². The molecule has 0 atom stereocenters. The lowest BCUT2D eigenvalue weighted by Crippen LogP contribution is -2.41. The van der Waals surface area contributed by atoms with Gasteiger partial charge in [0.25, 0.3) is 0 Å². The molecule has 0 saturated carbocycles. The van der Waals surface area contributed by atoms with Crippen LogP contribution < -0.4 is 10.3 Å². The van der Waals surface area contributed by atoms with Crippen molar-refractivity contribution in [2.45, 2.75) is 45.5 Å². The summed E-state index contributed by atoms with van der Waals surface area (Å²) in [7, 11) is 1.02. The van der Waals surface area contributed by atoms with E-state index in [0.29, 0.717) is 16.9 Å². The molecular weight excluding hydrogens is 245 g/mol. The Labute approximate surface area is 114 Å². The van der Waals surface area contributed by atoms with E-state index >= 15 is 0 Å². The summed E-state index contributed by atoms with van der Waals surface area (Å²) in [6, 6.07) is 1.75. The molecule has 1 aromatic rings. The number of aromatic nitrogens is 1. The first-order chi connectivity index (χ1) is 8.80. The van der Waals surface area contributed by atoms with Crippen molar-refractivity contribution in [3.63, 3.8) is 0 Å². The van der Waals surface area contributed by atoms with Crippen molar-refractivity contribution >= 4 is 12.7 Å². The van der Waals surface area contributed by atoms with Crippen molar-refractivity contribution in [3.05, 3.63) is 17.8 Å². The van der Waals surface area contributed by atoms with E-state index in [1.807, 2.05) is 27.7 Å². The van der Waals surface area contributed by atoms with E-state index < -0.39 is 18.3 Å². The summed E-state index contributed by atoms with van der Waals surface area (Å²) in [6.07, 6.45) is 1.58. The van der Waals surface area contributed by atoms with Gasteiger partial charge in [0.1, 0.15) is 5.75 Å². The van der Waals surface area contributed by atoms with Crippen LogP contribution in [0.5, 0.6) is 5.75 Å². The van der Waals surface area contributed by atoms with Gasteiger partial charge in [-0.15, -0.1) is 0 Å². The molecule has 5 nitrogen and oxygen atoms in total. The number of hydrogen-bond donors (Lipinski definition) is 1. The molecule has 0 aromatic carbocycles. The van der Waals surface area contributed by atoms with Crippen LogP contribution in [0.15, 0.2) is 12.3 Å². The minimum Gasteiger partial charge on any atom is -0.495 e. The fourth-order valence-electron chi connectivity index (χ4n) is 1.90. The number of hydrogen-bond acceptors (Lipinski definition) is 5. The number of rotatable bonds is 3. The van der Waals surface area contributed by atoms with Gasteiger partial charge < -0.3 is 19.2 Å². The number of aliphatic hydroxyl groups is 1. The number of ether oxygens (including phenoxy) is 1. The summed E-state index contributed by atoms with van der Waals surface area (Å²) in [5, 5.41) is 9.33. The second kappa shape index (κ2) is 4.78. The first kappa shape index (κ1) is 14.3. The molecule has 6 heteroatoms. The van der Waals surface area contributed by atoms with E-state index in [4.69, 9.17) is 14.0 Å². The second-order valence-corrected chi connectivity index (χ2v) is 5.67. The van der Waals surface area contributed by atoms with Gasteiger partial charge in [-0.25, -0.2) is 0 Å². The molecule has 1 aliphatic rings. The number of methoxy groups -OCH3 is 1. The van der Waals surface area contributed by atoms with Crippen LogP contribution in [0.2, 0.25) is 0 Å². The van der Waals surface area contributed by atoms with Gasteiger partial charge in [0.05, 0.1) is 36.7 Å². The molecule has 0 spiro atoms. The van der Waals surface area contributed by atoms with Crippen LogP contribution in [0.3, 0.4) is 0 Å². The van der Waals surface area contributed by atoms with Gasteiger partial charge in [-0.1, -0.05) is 0 Å². The predicted octanol–water partition coefficient (Wildman–Crippen LogP) is 0.882. The van der Waals surface area contributed by atoms with Gasteiger partial charge in [-0.3, -0.25) is 4.98 Å². The Morgan fingerprint density at radius 1 is 1.26 bits per heavy atom. The Kier molecular flexibility index (Phi) is 3.60. The number of aliphatic hydroxyl groups excluding tert-OH is 1. The first-order valence-electron chi connectivity index (χ1n) is 6.30. The van der Waals surface area contributed by atoms with E-state index in [1.54, 1.807) is 19.4 Å². The Morgan fingerprint density at radius 2 is 1.84 bits per heavy atom. The molecule has 0 bridgehead atoms. The van der Waals surface area contributed by atoms with Crippen molar-refractivity contribution in [2.75, 3.05) is 7.11 Å². The molecule has 19 heavy (non-hydrogen) atoms. The lowest BCUT2D eigenvalue weighted by molar-refractivity contribution is 0.00578. The number of nitrogens with zero attached hydrogens (tertiary/aromatic N) is 1. The maximum atomic E-state index is 9.33. The molecule has 1 aliphatic heterocycles. The van der Waals surface area contributed by atoms with E-state index in [-0.39, 0.29) is 6.61 Å². The molecule has 0 amide bonds. The van der Waals surface area contributed by atoms with E-state index in [0.717, 1.165) is 0 Å². The minimum atomic E-state index is -0.527. The predicted molar refractivity (Wildman–Crippen MR) is 72.4 cm³/mol. The molecule has 1 saturated heterocycles. The third-order valence-electron chi connectivity index (χ3n) is 3.85. The first-order valence-corrected chi connectivity index (χ1v) is 6.30. The van der Waals surface area contributed by atoms with Crippen molar-refractivity contribution in [1.29, 1.82) is 0 Å². The molecule has 1 N–H and O–H groups in total. The summed E-state index contributed by atoms with van der Waals surface area (Å²) in [4.78, 5) is 4.29. The summed E-state index contributed by atoms with van der Waals surface area (Å²) < 4.78 is 17.0. The third-order valence-corrected chi connectivity index (χ3v) is 3.85. The summed E-state index contributed by atoms with van der Waals surface area (Å²) in [5.41, 5.74) is 0.503. The van der Waals surface area contributed by atoms with Gasteiger partial charge in [0.15, 0.2) is 0 Å². The van der Waals surface area contributed by atoms with Crippen molar-refractivity contribution < 1.29 is 19.2 Å². The fraction of sp³-hybridized carbons (Fsp3) is 0.615. The lowest BCUT2D eigenvalue weighted by atomic mass is 9.83. The lowest BCUT2D eigenvalue weighted by Gasteiger charge is -2.32. The highest BCUT2D eigenvalue weighted by molar-refractivity contribution is 6.61. The van der Waals surface area contributed by atoms with E-state index in [2.05, 4.69) is 4.98 Å². The highest BCUT2D eigenvalue weighted by Gasteiger charge is 2.52. The zero-order valence-corrected chi connectivity index (χ0v) is 12.1. The van der Waals surface area contributed by atoms with Crippen LogP contribution in [-0.4, -0.2) is 35.5 Å². The van der Waals surface area contributed by atoms with Crippen LogP contribution in [0, 0.1) is 0 Å². The number of pyridine rings is 1. The van der Waals surface area contributed by atoms with Crippen LogP contribution in [0.4, 0.5) is 0 Å². The van der Waals surface area contributed by atoms with Crippen molar-refractivity contribution in [1.82, 2.24) is 4.98 Å². The topological polar surface area (TPSA) is 60.8 Å². The summed E-state index contributed by atoms with van der Waals surface area (Å²) in [5.74, 6) is 0.558. The molecule has 1 aromatic heterocycles. The van der Waals surface area contributed by atoms with Gasteiger partial charge in [0.2, 0.25) is 0 Å². The Hall–Kier alpha value is -1.11. The fourth-order valence-corrected chi connectivity index (χ4v) is 1.90. The van der Waals surface area contributed by atoms with Gasteiger partial charge >= 0.3 is 7.12 Å². The van der Waals surface area contributed by atoms with E-state index in [9.17, 15) is 5.11 Å². The SMILES string of the molecule is COc1cnc(B2OC(C)(C)C(C)(C)O2)cc1CO. The molecule has 2 rings (SSSR count). The molecule has 1 fully saturated rings. The summed E-state index contributed by atoms with van der Waals surface area (Å²) >= 11 is 0. The van der Waals surface area contributed by atoms with Crippen LogP contribution in [0.1, 0.15) is 33.3 Å². The van der Waals surface area contributed by atoms with Crippen LogP contribution >= 0.6 is 0 Å². The maximum Gasteiger partial charge on any atom is 0.514 e. The zero-order valence-electron chi connectivity index (χ0n) is 12.1. The molecule has 0 radical (unpaired) electrons. The molecule has 104 valence electrons. The molecule has 0 unspecified atom stereocenters. The highest BCUT2D eigenvalue weighted by atomic mass is 16.7. The molecular formula is C13H20BNO4. The van der Waals surface area contributed by atoms with E-state index in [1.165, 1.54) is 0 Å². The van der Waals surface area contributed by atoms with Crippen LogP contribution in [0.25, 0.3) is 0 Å². The van der Waals surface area contributed by atoms with Crippen LogP contribution in [-0.2, 0) is 15.9 Å². The molecule has 0 aliphatic carbocycles. The minimum absolute atomic E-state index is 0.113. The van der Waals surface area contributed by atoms with Gasteiger partial charge in [0, 0.05) is 5.56 Å². The van der Waals surface area contributed by atoms with Gasteiger partial charge in [-0.05, 0) is 33.8 Å². The smallest absolute Gasteiger partial charge is 0.495 e. The average Bonchev–Trinajstić information content (AvgIpc) is 2.57. The average molecular weight is 265 g/mol. The summed E-state index contributed by atoms with van der Waals surface area (Å²) in [6.45, 7) is 7.85. The normalized spacial score (nSPS) is 20.6. The molecule has 2 heterocycles. The second-order valence-electron chi connectivity index (χ2n) is 5.67. The Morgan fingerprint density at radius 3 is 2.32 bits per heavy atom. The Balaban J connectivity index is 2.30. The van der Waals surface area contributed by atoms with Crippen molar-refractivity contribution in [3.8, 4) is 5.75 Å². The Bertz CT molecular complexity index is 460. The zero-order chi connectivity index (χ0) is 14.3. The standard InChI is InChI=1S/C13H20BNO4/c1-12(2)13(3,4)19-14(18-12)11-6-9(8-16)10(17-5)7-15-11/h6-7,16H,8H2,1-5H3. The largest absolute Gasteiger partial charge is 0.514 e. The van der Waals surface area contributed by atoms with Gasteiger partial charge in [-0.2, -0.15) is 0 Å². The monoisotopic (exact) mass is 265 g/mol.